The van der Waals surface area contributed by atoms with Crippen LogP contribution in [0.15, 0.2) is 24.3 Å². The zero-order valence-corrected chi connectivity index (χ0v) is 13.1. The van der Waals surface area contributed by atoms with Gasteiger partial charge in [0, 0.05) is 18.7 Å². The van der Waals surface area contributed by atoms with Crippen LogP contribution < -0.4 is 4.90 Å². The fraction of sp³-hybridized carbons (Fsp3) is 0.611. The summed E-state index contributed by atoms with van der Waals surface area (Å²) in [6.07, 6.45) is 9.47. The molecule has 0 fully saturated rings. The van der Waals surface area contributed by atoms with Crippen LogP contribution in [-0.4, -0.2) is 23.7 Å². The van der Waals surface area contributed by atoms with Gasteiger partial charge in [0.05, 0.1) is 0 Å². The second-order valence-electron chi connectivity index (χ2n) is 6.00. The Morgan fingerprint density at radius 1 is 1.14 bits per heavy atom. The molecule has 1 N–H and O–H groups in total. The van der Waals surface area contributed by atoms with Gasteiger partial charge in [-0.05, 0) is 18.1 Å². The molecule has 0 aliphatic carbocycles. The highest BCUT2D eigenvalue weighted by molar-refractivity contribution is 5.82. The Morgan fingerprint density at radius 2 is 1.81 bits per heavy atom. The van der Waals surface area contributed by atoms with E-state index >= 15 is 0 Å². The molecule has 0 radical (unpaired) electrons. The Hall–Kier alpha value is -1.51. The van der Waals surface area contributed by atoms with Gasteiger partial charge in [0.1, 0.15) is 6.04 Å². The number of carboxylic acid groups (broad SMARTS) is 1. The molecule has 116 valence electrons. The van der Waals surface area contributed by atoms with E-state index < -0.39 is 5.97 Å². The van der Waals surface area contributed by atoms with Crippen LogP contribution in [-0.2, 0) is 11.2 Å². The number of para-hydroxylation sites is 1. The van der Waals surface area contributed by atoms with Crippen molar-refractivity contribution >= 4 is 11.7 Å². The van der Waals surface area contributed by atoms with Gasteiger partial charge >= 0.3 is 5.97 Å². The fourth-order valence-corrected chi connectivity index (χ4v) is 3.19. The van der Waals surface area contributed by atoms with Crippen molar-refractivity contribution in [3.8, 4) is 0 Å². The van der Waals surface area contributed by atoms with Gasteiger partial charge in [0.2, 0.25) is 0 Å². The molecule has 1 aromatic rings. The van der Waals surface area contributed by atoms with Crippen molar-refractivity contribution in [1.29, 1.82) is 0 Å². The summed E-state index contributed by atoms with van der Waals surface area (Å²) < 4.78 is 0. The minimum absolute atomic E-state index is 0.373. The molecule has 0 amide bonds. The molecule has 1 aromatic carbocycles. The maximum absolute atomic E-state index is 11.4. The van der Waals surface area contributed by atoms with Gasteiger partial charge in [-0.3, -0.25) is 0 Å². The minimum atomic E-state index is -0.700. The van der Waals surface area contributed by atoms with Crippen LogP contribution in [0.25, 0.3) is 0 Å². The Morgan fingerprint density at radius 3 is 2.52 bits per heavy atom. The van der Waals surface area contributed by atoms with Crippen LogP contribution in [0, 0.1) is 0 Å². The third kappa shape index (κ3) is 4.23. The standard InChI is InChI=1S/C18H27NO2/c1-2-3-4-5-6-7-10-13-19-16-12-9-8-11-15(16)14-17(19)18(20)21/h8-9,11-12,17H,2-7,10,13-14H2,1H3,(H,20,21). The molecule has 1 heterocycles. The number of unbranched alkanes of at least 4 members (excludes halogenated alkanes) is 6. The molecular formula is C18H27NO2. The lowest BCUT2D eigenvalue weighted by atomic mass is 10.1. The summed E-state index contributed by atoms with van der Waals surface area (Å²) in [4.78, 5) is 13.5. The average molecular weight is 289 g/mol. The van der Waals surface area contributed by atoms with E-state index in [-0.39, 0.29) is 6.04 Å². The SMILES string of the molecule is CCCCCCCCCN1c2ccccc2CC1C(=O)O. The van der Waals surface area contributed by atoms with Gasteiger partial charge in [0.25, 0.3) is 0 Å². The summed E-state index contributed by atoms with van der Waals surface area (Å²) in [5.74, 6) is -0.700. The predicted octanol–water partition coefficient (Wildman–Crippen LogP) is 4.25. The topological polar surface area (TPSA) is 40.5 Å². The van der Waals surface area contributed by atoms with Crippen molar-refractivity contribution in [1.82, 2.24) is 0 Å². The second kappa shape index (κ2) is 8.06. The monoisotopic (exact) mass is 289 g/mol. The van der Waals surface area contributed by atoms with Crippen molar-refractivity contribution in [2.24, 2.45) is 0 Å². The van der Waals surface area contributed by atoms with Crippen molar-refractivity contribution in [3.63, 3.8) is 0 Å². The van der Waals surface area contributed by atoms with Crippen molar-refractivity contribution < 1.29 is 9.90 Å². The molecule has 0 saturated carbocycles. The number of nitrogens with zero attached hydrogens (tertiary/aromatic N) is 1. The van der Waals surface area contributed by atoms with Crippen LogP contribution in [0.4, 0.5) is 5.69 Å². The lowest BCUT2D eigenvalue weighted by Crippen LogP contribution is -2.39. The molecule has 0 saturated heterocycles. The molecule has 3 nitrogen and oxygen atoms in total. The van der Waals surface area contributed by atoms with E-state index in [0.29, 0.717) is 6.42 Å². The number of anilines is 1. The van der Waals surface area contributed by atoms with Crippen LogP contribution in [0.2, 0.25) is 0 Å². The number of aliphatic carboxylic acids is 1. The van der Waals surface area contributed by atoms with Gasteiger partial charge in [-0.1, -0.05) is 63.6 Å². The third-order valence-electron chi connectivity index (χ3n) is 4.38. The second-order valence-corrected chi connectivity index (χ2v) is 6.00. The van der Waals surface area contributed by atoms with Gasteiger partial charge in [-0.25, -0.2) is 4.79 Å². The van der Waals surface area contributed by atoms with E-state index in [1.165, 1.54) is 44.1 Å². The van der Waals surface area contributed by atoms with Crippen molar-refractivity contribution in [2.75, 3.05) is 11.4 Å². The first-order valence-electron chi connectivity index (χ1n) is 8.31. The summed E-state index contributed by atoms with van der Waals surface area (Å²) in [6, 6.07) is 7.73. The van der Waals surface area contributed by atoms with Crippen LogP contribution in [0.3, 0.4) is 0 Å². The van der Waals surface area contributed by atoms with Crippen molar-refractivity contribution in [3.05, 3.63) is 29.8 Å². The number of hydrogen-bond acceptors (Lipinski definition) is 2. The Balaban J connectivity index is 1.81. The first-order chi connectivity index (χ1) is 10.2. The van der Waals surface area contributed by atoms with Crippen LogP contribution in [0.1, 0.15) is 57.4 Å². The maximum atomic E-state index is 11.4. The number of fused-ring (bicyclic) bond motifs is 1. The van der Waals surface area contributed by atoms with Gasteiger partial charge in [-0.15, -0.1) is 0 Å². The summed E-state index contributed by atoms with van der Waals surface area (Å²) >= 11 is 0. The Bertz CT molecular complexity index is 458. The van der Waals surface area contributed by atoms with Gasteiger partial charge in [-0.2, -0.15) is 0 Å². The molecule has 3 heteroatoms. The molecule has 1 aliphatic rings. The predicted molar refractivity (Wildman–Crippen MR) is 86.9 cm³/mol. The summed E-state index contributed by atoms with van der Waals surface area (Å²) in [7, 11) is 0. The average Bonchev–Trinajstić information content (AvgIpc) is 2.85. The first-order valence-corrected chi connectivity index (χ1v) is 8.31. The molecule has 1 unspecified atom stereocenters. The zero-order valence-electron chi connectivity index (χ0n) is 13.1. The quantitative estimate of drug-likeness (QED) is 0.691. The zero-order chi connectivity index (χ0) is 15.1. The summed E-state index contributed by atoms with van der Waals surface area (Å²) in [5.41, 5.74) is 2.30. The summed E-state index contributed by atoms with van der Waals surface area (Å²) in [6.45, 7) is 3.10. The summed E-state index contributed by atoms with van der Waals surface area (Å²) in [5, 5.41) is 9.41. The highest BCUT2D eigenvalue weighted by Gasteiger charge is 2.33. The molecule has 2 rings (SSSR count). The normalized spacial score (nSPS) is 17.0. The molecule has 1 aliphatic heterocycles. The smallest absolute Gasteiger partial charge is 0.326 e. The number of hydrogen-bond donors (Lipinski definition) is 1. The molecule has 1 atom stereocenters. The number of rotatable bonds is 9. The van der Waals surface area contributed by atoms with E-state index in [1.54, 1.807) is 0 Å². The fourth-order valence-electron chi connectivity index (χ4n) is 3.19. The van der Waals surface area contributed by atoms with Crippen LogP contribution >= 0.6 is 0 Å². The van der Waals surface area contributed by atoms with Crippen molar-refractivity contribution in [2.45, 2.75) is 64.3 Å². The van der Waals surface area contributed by atoms with E-state index in [9.17, 15) is 9.90 Å². The molecule has 0 aromatic heterocycles. The lowest BCUT2D eigenvalue weighted by molar-refractivity contribution is -0.138. The Labute approximate surface area is 128 Å². The lowest BCUT2D eigenvalue weighted by Gasteiger charge is -2.24. The number of carbonyl (C=O) groups is 1. The highest BCUT2D eigenvalue weighted by atomic mass is 16.4. The first kappa shape index (κ1) is 15.9. The van der Waals surface area contributed by atoms with E-state index in [2.05, 4.69) is 24.0 Å². The molecule has 0 spiro atoms. The maximum Gasteiger partial charge on any atom is 0.326 e. The number of benzene rings is 1. The molecule has 21 heavy (non-hydrogen) atoms. The van der Waals surface area contributed by atoms with E-state index in [0.717, 1.165) is 18.7 Å². The third-order valence-corrected chi connectivity index (χ3v) is 4.38. The molecule has 0 bridgehead atoms. The minimum Gasteiger partial charge on any atom is -0.480 e. The largest absolute Gasteiger partial charge is 0.480 e. The van der Waals surface area contributed by atoms with E-state index in [1.807, 2.05) is 12.1 Å². The molecular weight excluding hydrogens is 262 g/mol. The van der Waals surface area contributed by atoms with Gasteiger partial charge < -0.3 is 10.0 Å². The van der Waals surface area contributed by atoms with Crippen LogP contribution in [0.5, 0.6) is 0 Å². The number of carboxylic acids is 1. The van der Waals surface area contributed by atoms with Gasteiger partial charge in [0.15, 0.2) is 0 Å². The van der Waals surface area contributed by atoms with E-state index in [4.69, 9.17) is 0 Å². The Kier molecular flexibility index (Phi) is 6.09. The highest BCUT2D eigenvalue weighted by Crippen LogP contribution is 2.32.